The Bertz CT molecular complexity index is 1380. The summed E-state index contributed by atoms with van der Waals surface area (Å²) in [5, 5.41) is 7.74. The van der Waals surface area contributed by atoms with Crippen LogP contribution in [-0.4, -0.2) is 40.2 Å². The molecule has 2 N–H and O–H groups in total. The molecule has 44 heavy (non-hydrogen) atoms. The summed E-state index contributed by atoms with van der Waals surface area (Å²) in [5.74, 6) is 0.200. The molecule has 0 unspecified atom stereocenters. The second-order valence-electron chi connectivity index (χ2n) is 10.6. The van der Waals surface area contributed by atoms with Gasteiger partial charge in [-0.25, -0.2) is 4.98 Å². The molecule has 0 fully saturated rings. The molecule has 3 aromatic heterocycles. The van der Waals surface area contributed by atoms with E-state index in [1.165, 1.54) is 37.0 Å². The van der Waals surface area contributed by atoms with Gasteiger partial charge in [0.15, 0.2) is 5.13 Å². The van der Waals surface area contributed by atoms with Gasteiger partial charge >= 0.3 is 0 Å². The zero-order valence-electron chi connectivity index (χ0n) is 28.1. The Morgan fingerprint density at radius 1 is 0.977 bits per heavy atom. The minimum atomic E-state index is -0.332. The number of nitrogens with zero attached hydrogens (tertiary/aromatic N) is 3. The number of aryl methyl sites for hydroxylation is 1. The van der Waals surface area contributed by atoms with E-state index in [4.69, 9.17) is 0 Å². The number of unbranched alkanes of at least 4 members (excludes halogenated alkanes) is 3. The van der Waals surface area contributed by atoms with Gasteiger partial charge in [0.1, 0.15) is 0 Å². The van der Waals surface area contributed by atoms with Crippen molar-refractivity contribution in [3.05, 3.63) is 77.7 Å². The molecule has 0 aliphatic rings. The van der Waals surface area contributed by atoms with Crippen molar-refractivity contribution in [3.63, 3.8) is 0 Å². The number of amides is 2. The number of nitrogens with one attached hydrogen (secondary N) is 2. The van der Waals surface area contributed by atoms with E-state index in [2.05, 4.69) is 61.3 Å². The lowest BCUT2D eigenvalue weighted by atomic mass is 10.0. The lowest BCUT2D eigenvalue weighted by Gasteiger charge is -2.05. The fourth-order valence-electron chi connectivity index (χ4n) is 3.68. The molecule has 0 aliphatic carbocycles. The topological polar surface area (TPSA) is 88.9 Å². The predicted molar refractivity (Wildman–Crippen MR) is 190 cm³/mol. The van der Waals surface area contributed by atoms with Gasteiger partial charge in [-0.1, -0.05) is 99.2 Å². The SMILES string of the molecule is CC.CC(C)C.CCCCCC.C[B]n1ccc(C(=O)NCC(=O)Nc2nc(-c3cccc(-c4ccnc(C)c4)c3)cs2)c1. The molecule has 0 aliphatic heterocycles. The molecule has 4 rings (SSSR count). The molecule has 0 saturated carbocycles. The standard InChI is InChI=1S/C23H21BN5O2S.C6H14.C4H10.C2H6/c1-15-10-17(6-8-25-15)16-4-3-5-18(11-16)20-14-32-23(27-20)28-21(30)12-26-22(31)19-7-9-29(13-19)24-2;1-3-5-6-4-2;1-4(2)3;1-2/h3-11,13-14H,12H2,1-2H3,(H,26,31)(H,27,28,30);3-6H2,1-2H3;4H,1-3H3;1-2H3. The number of aromatic nitrogens is 3. The van der Waals surface area contributed by atoms with E-state index in [-0.39, 0.29) is 18.4 Å². The third kappa shape index (κ3) is 14.6. The van der Waals surface area contributed by atoms with Crippen molar-refractivity contribution in [1.29, 1.82) is 0 Å². The molecule has 2 amide bonds. The van der Waals surface area contributed by atoms with E-state index in [0.717, 1.165) is 34.0 Å². The van der Waals surface area contributed by atoms with Crippen LogP contribution in [0.15, 0.2) is 66.4 Å². The molecular weight excluding hydrogens is 565 g/mol. The number of hydrogen-bond acceptors (Lipinski definition) is 5. The summed E-state index contributed by atoms with van der Waals surface area (Å²) in [6.07, 6.45) is 10.8. The van der Waals surface area contributed by atoms with Gasteiger partial charge in [0.2, 0.25) is 13.3 Å². The third-order valence-corrected chi connectivity index (χ3v) is 6.54. The highest BCUT2D eigenvalue weighted by Gasteiger charge is 2.12. The predicted octanol–water partition coefficient (Wildman–Crippen LogP) is 9.14. The van der Waals surface area contributed by atoms with Gasteiger partial charge < -0.3 is 15.1 Å². The molecule has 0 atom stereocenters. The maximum atomic E-state index is 12.2. The van der Waals surface area contributed by atoms with Gasteiger partial charge in [-0.2, -0.15) is 0 Å². The zero-order valence-corrected chi connectivity index (χ0v) is 28.9. The van der Waals surface area contributed by atoms with E-state index < -0.39 is 0 Å². The molecule has 0 bridgehead atoms. The minimum Gasteiger partial charge on any atom is -0.402 e. The van der Waals surface area contributed by atoms with Crippen molar-refractivity contribution in [3.8, 4) is 22.4 Å². The summed E-state index contributed by atoms with van der Waals surface area (Å²) < 4.78 is 1.77. The van der Waals surface area contributed by atoms with E-state index in [1.807, 2.05) is 70.7 Å². The smallest absolute Gasteiger partial charge is 0.253 e. The summed E-state index contributed by atoms with van der Waals surface area (Å²) in [6, 6.07) is 13.8. The summed E-state index contributed by atoms with van der Waals surface area (Å²) in [7, 11) is 1.83. The average molecular weight is 617 g/mol. The van der Waals surface area contributed by atoms with Crippen LogP contribution in [0, 0.1) is 12.8 Å². The van der Waals surface area contributed by atoms with E-state index >= 15 is 0 Å². The average Bonchev–Trinajstić information content (AvgIpc) is 3.70. The van der Waals surface area contributed by atoms with Gasteiger partial charge in [0.05, 0.1) is 17.8 Å². The van der Waals surface area contributed by atoms with Crippen LogP contribution in [0.25, 0.3) is 22.4 Å². The molecule has 9 heteroatoms. The molecule has 0 spiro atoms. The fraction of sp³-hybridized carbons (Fsp3) is 0.429. The first kappa shape index (κ1) is 38.3. The number of benzene rings is 1. The Hall–Kier alpha value is -3.72. The number of carbonyl (C=O) groups is 2. The number of carbonyl (C=O) groups excluding carboxylic acids is 2. The van der Waals surface area contributed by atoms with Crippen LogP contribution in [0.4, 0.5) is 5.13 Å². The highest BCUT2D eigenvalue weighted by Crippen LogP contribution is 2.29. The molecule has 3 heterocycles. The lowest BCUT2D eigenvalue weighted by Crippen LogP contribution is -2.32. The summed E-state index contributed by atoms with van der Waals surface area (Å²) in [6.45, 7) is 18.7. The zero-order chi connectivity index (χ0) is 32.9. The lowest BCUT2D eigenvalue weighted by molar-refractivity contribution is -0.115. The third-order valence-electron chi connectivity index (χ3n) is 5.78. The summed E-state index contributed by atoms with van der Waals surface area (Å²) >= 11 is 1.34. The Balaban J connectivity index is 0.000000692. The van der Waals surface area contributed by atoms with Gasteiger partial charge in [0.25, 0.3) is 5.91 Å². The second-order valence-corrected chi connectivity index (χ2v) is 11.4. The molecule has 7 nitrogen and oxygen atoms in total. The highest BCUT2D eigenvalue weighted by atomic mass is 32.1. The van der Waals surface area contributed by atoms with Crippen molar-refractivity contribution in [1.82, 2.24) is 19.8 Å². The van der Waals surface area contributed by atoms with Crippen LogP contribution in [0.1, 0.15) is 90.2 Å². The van der Waals surface area contributed by atoms with Crippen molar-refractivity contribution in [2.75, 3.05) is 11.9 Å². The number of thiazole rings is 1. The molecule has 1 aromatic carbocycles. The quantitative estimate of drug-likeness (QED) is 0.137. The van der Waals surface area contributed by atoms with Crippen LogP contribution in [0.2, 0.25) is 6.82 Å². The number of hydrogen-bond donors (Lipinski definition) is 2. The number of anilines is 1. The van der Waals surface area contributed by atoms with Crippen LogP contribution in [0.3, 0.4) is 0 Å². The number of pyridine rings is 1. The highest BCUT2D eigenvalue weighted by molar-refractivity contribution is 7.14. The minimum absolute atomic E-state index is 0.133. The summed E-state index contributed by atoms with van der Waals surface area (Å²) in [4.78, 5) is 33.2. The normalized spacial score (nSPS) is 9.86. The maximum absolute atomic E-state index is 12.2. The first-order valence-electron chi connectivity index (χ1n) is 15.7. The van der Waals surface area contributed by atoms with E-state index in [1.54, 1.807) is 29.1 Å². The van der Waals surface area contributed by atoms with Gasteiger partial charge in [-0.15, -0.1) is 11.3 Å². The Morgan fingerprint density at radius 2 is 1.61 bits per heavy atom. The van der Waals surface area contributed by atoms with Crippen LogP contribution in [-0.2, 0) is 4.79 Å². The Kier molecular flexibility index (Phi) is 19.1. The van der Waals surface area contributed by atoms with Gasteiger partial charge in [-0.05, 0) is 54.4 Å². The molecule has 237 valence electrons. The van der Waals surface area contributed by atoms with E-state index in [0.29, 0.717) is 10.7 Å². The number of rotatable bonds is 10. The van der Waals surface area contributed by atoms with Crippen molar-refractivity contribution in [2.24, 2.45) is 5.92 Å². The van der Waals surface area contributed by atoms with Crippen molar-refractivity contribution in [2.45, 2.75) is 87.9 Å². The van der Waals surface area contributed by atoms with Crippen molar-refractivity contribution < 1.29 is 9.59 Å². The van der Waals surface area contributed by atoms with Crippen LogP contribution < -0.4 is 10.6 Å². The Morgan fingerprint density at radius 3 is 2.20 bits per heavy atom. The summed E-state index contributed by atoms with van der Waals surface area (Å²) in [5.41, 5.74) is 5.35. The second kappa shape index (κ2) is 21.9. The first-order valence-corrected chi connectivity index (χ1v) is 16.6. The maximum Gasteiger partial charge on any atom is 0.253 e. The van der Waals surface area contributed by atoms with Gasteiger partial charge in [-0.3, -0.25) is 14.6 Å². The van der Waals surface area contributed by atoms with Crippen LogP contribution >= 0.6 is 11.3 Å². The largest absolute Gasteiger partial charge is 0.402 e. The fourth-order valence-corrected chi connectivity index (χ4v) is 4.42. The monoisotopic (exact) mass is 616 g/mol. The van der Waals surface area contributed by atoms with Crippen LogP contribution in [0.5, 0.6) is 0 Å². The molecule has 4 aromatic rings. The van der Waals surface area contributed by atoms with Crippen molar-refractivity contribution >= 4 is 35.7 Å². The first-order chi connectivity index (χ1) is 21.2. The molecular formula is C35H51BN5O2S. The Labute approximate surface area is 270 Å². The van der Waals surface area contributed by atoms with E-state index in [9.17, 15) is 9.59 Å². The molecule has 0 saturated heterocycles. The molecule has 1 radical (unpaired) electrons. The van der Waals surface area contributed by atoms with Gasteiger partial charge in [0, 0.05) is 29.0 Å².